The highest BCUT2D eigenvalue weighted by molar-refractivity contribution is 8.22. The lowest BCUT2D eigenvalue weighted by molar-refractivity contribution is -0.0561. The fourth-order valence-corrected chi connectivity index (χ4v) is 9.31. The van der Waals surface area contributed by atoms with Gasteiger partial charge in [0.2, 0.25) is 4.38 Å². The van der Waals surface area contributed by atoms with Crippen LogP contribution < -0.4 is 0 Å². The first-order chi connectivity index (χ1) is 15.2. The number of hydrogen-bond acceptors (Lipinski definition) is 3. The molecule has 4 aliphatic rings. The van der Waals surface area contributed by atoms with Crippen molar-refractivity contribution < 1.29 is 4.74 Å². The Bertz CT molecular complexity index is 714. The molecule has 0 aromatic rings. The summed E-state index contributed by atoms with van der Waals surface area (Å²) in [7, 11) is 0. The lowest BCUT2D eigenvalue weighted by Crippen LogP contribution is -2.51. The van der Waals surface area contributed by atoms with Crippen LogP contribution in [0, 0.1) is 46.3 Å². The average Bonchev–Trinajstić information content (AvgIpc) is 3.11. The second-order valence-electron chi connectivity index (χ2n) is 12.7. The van der Waals surface area contributed by atoms with Gasteiger partial charge in [0.25, 0.3) is 0 Å². The molecule has 4 rings (SSSR count). The molecule has 4 aliphatic carbocycles. The van der Waals surface area contributed by atoms with Crippen molar-refractivity contribution in [2.24, 2.45) is 46.3 Å². The minimum atomic E-state index is 0.308. The van der Waals surface area contributed by atoms with Gasteiger partial charge in [0.1, 0.15) is 6.10 Å². The molecule has 8 atom stereocenters. The number of thioether (sulfide) groups is 1. The van der Waals surface area contributed by atoms with E-state index < -0.39 is 0 Å². The molecule has 0 radical (unpaired) electrons. The van der Waals surface area contributed by atoms with Crippen molar-refractivity contribution in [3.63, 3.8) is 0 Å². The Morgan fingerprint density at radius 1 is 1.09 bits per heavy atom. The highest BCUT2D eigenvalue weighted by Crippen LogP contribution is 2.67. The van der Waals surface area contributed by atoms with Crippen LogP contribution in [0.3, 0.4) is 0 Å². The number of rotatable bonds is 6. The van der Waals surface area contributed by atoms with Gasteiger partial charge in [0, 0.05) is 6.42 Å². The molecule has 32 heavy (non-hydrogen) atoms. The second-order valence-corrected chi connectivity index (χ2v) is 14.1. The third-order valence-corrected chi connectivity index (χ3v) is 11.7. The van der Waals surface area contributed by atoms with Crippen LogP contribution in [0.4, 0.5) is 0 Å². The summed E-state index contributed by atoms with van der Waals surface area (Å²) in [5, 5.41) is 0. The van der Waals surface area contributed by atoms with Gasteiger partial charge in [-0.1, -0.05) is 77.3 Å². The molecule has 0 unspecified atom stereocenters. The Labute approximate surface area is 208 Å². The van der Waals surface area contributed by atoms with E-state index in [1.165, 1.54) is 64.2 Å². The van der Waals surface area contributed by atoms with E-state index in [1.54, 1.807) is 17.3 Å². The van der Waals surface area contributed by atoms with Gasteiger partial charge in [-0.3, -0.25) is 0 Å². The Morgan fingerprint density at radius 3 is 2.59 bits per heavy atom. The van der Waals surface area contributed by atoms with E-state index in [0.717, 1.165) is 46.3 Å². The first kappa shape index (κ1) is 25.1. The number of thiocarbonyl (C=S) groups is 1. The third kappa shape index (κ3) is 4.60. The molecular weight excluding hydrogens is 428 g/mol. The summed E-state index contributed by atoms with van der Waals surface area (Å²) in [5.41, 5.74) is 2.70. The Morgan fingerprint density at radius 2 is 1.88 bits per heavy atom. The van der Waals surface area contributed by atoms with E-state index in [9.17, 15) is 0 Å². The van der Waals surface area contributed by atoms with Crippen LogP contribution in [0.15, 0.2) is 11.6 Å². The summed E-state index contributed by atoms with van der Waals surface area (Å²) in [6.45, 7) is 12.7. The normalized spacial score (nSPS) is 42.0. The molecule has 0 N–H and O–H groups in total. The van der Waals surface area contributed by atoms with Gasteiger partial charge in [-0.05, 0) is 110 Å². The molecule has 0 aliphatic heterocycles. The van der Waals surface area contributed by atoms with Crippen molar-refractivity contribution in [3.8, 4) is 0 Å². The summed E-state index contributed by atoms with van der Waals surface area (Å²) < 4.78 is 6.82. The molecular formula is C29H48OS2. The van der Waals surface area contributed by atoms with Crippen LogP contribution in [-0.4, -0.2) is 16.7 Å². The first-order valence-corrected chi connectivity index (χ1v) is 15.3. The van der Waals surface area contributed by atoms with Crippen LogP contribution in [0.1, 0.15) is 105 Å². The molecule has 0 saturated heterocycles. The zero-order valence-electron chi connectivity index (χ0n) is 21.6. The van der Waals surface area contributed by atoms with E-state index in [0.29, 0.717) is 16.9 Å². The van der Waals surface area contributed by atoms with Gasteiger partial charge < -0.3 is 4.74 Å². The molecule has 3 saturated carbocycles. The maximum absolute atomic E-state index is 6.10. The van der Waals surface area contributed by atoms with Gasteiger partial charge >= 0.3 is 0 Å². The smallest absolute Gasteiger partial charge is 0.219 e. The molecule has 182 valence electrons. The largest absolute Gasteiger partial charge is 0.475 e. The first-order valence-electron chi connectivity index (χ1n) is 13.6. The van der Waals surface area contributed by atoms with Gasteiger partial charge in [0.15, 0.2) is 0 Å². The van der Waals surface area contributed by atoms with Crippen LogP contribution in [-0.2, 0) is 4.74 Å². The Hall–Kier alpha value is -0.0200. The number of hydrogen-bond donors (Lipinski definition) is 0. The minimum absolute atomic E-state index is 0.308. The SMILES string of the molecule is CSC(=S)O[C@H]1CC[C@@]2(C)C(=CC[C@@H]3[C@H]4CC[C@@H]([C@@H](C)CCCC(C)C)[C@]4(C)CC[C@H]32)C1. The molecule has 0 aromatic carbocycles. The van der Waals surface area contributed by atoms with Gasteiger partial charge in [-0.15, -0.1) is 0 Å². The third-order valence-electron chi connectivity index (χ3n) is 10.7. The summed E-state index contributed by atoms with van der Waals surface area (Å²) in [6, 6.07) is 0. The fraction of sp³-hybridized carbons (Fsp3) is 0.897. The molecule has 3 fully saturated rings. The lowest BCUT2D eigenvalue weighted by atomic mass is 9.47. The number of ether oxygens (including phenoxy) is 1. The Kier molecular flexibility index (Phi) is 7.78. The van der Waals surface area contributed by atoms with E-state index in [2.05, 4.69) is 40.7 Å². The topological polar surface area (TPSA) is 9.23 Å². The van der Waals surface area contributed by atoms with Crippen molar-refractivity contribution in [3.05, 3.63) is 11.6 Å². The monoisotopic (exact) mass is 476 g/mol. The van der Waals surface area contributed by atoms with Crippen LogP contribution in [0.5, 0.6) is 0 Å². The van der Waals surface area contributed by atoms with Gasteiger partial charge in [-0.2, -0.15) is 0 Å². The predicted octanol–water partition coefficient (Wildman–Crippen LogP) is 9.06. The molecule has 3 heteroatoms. The van der Waals surface area contributed by atoms with E-state index in [-0.39, 0.29) is 0 Å². The highest BCUT2D eigenvalue weighted by atomic mass is 32.2. The van der Waals surface area contributed by atoms with E-state index in [1.807, 2.05) is 6.26 Å². The number of fused-ring (bicyclic) bond motifs is 5. The van der Waals surface area contributed by atoms with E-state index >= 15 is 0 Å². The summed E-state index contributed by atoms with van der Waals surface area (Å²) >= 11 is 6.93. The van der Waals surface area contributed by atoms with Gasteiger partial charge in [0.05, 0.1) is 0 Å². The lowest BCUT2D eigenvalue weighted by Gasteiger charge is -2.58. The molecule has 0 spiro atoms. The second kappa shape index (κ2) is 9.92. The van der Waals surface area contributed by atoms with Crippen molar-refractivity contribution in [2.45, 2.75) is 111 Å². The van der Waals surface area contributed by atoms with Crippen molar-refractivity contribution >= 4 is 28.4 Å². The van der Waals surface area contributed by atoms with Gasteiger partial charge in [-0.25, -0.2) is 0 Å². The molecule has 1 nitrogen and oxygen atoms in total. The summed E-state index contributed by atoms with van der Waals surface area (Å²) in [5.74, 6) is 5.47. The quantitative estimate of drug-likeness (QED) is 0.279. The zero-order chi connectivity index (χ0) is 23.1. The standard InChI is InChI=1S/C29H48OS2/c1-19(2)8-7-9-20(3)24-12-13-25-23-11-10-21-18-22(30-27(31)32-6)14-16-28(21,4)26(23)15-17-29(24,25)5/h10,19-20,22-26H,7-9,11-18H2,1-6H3/t20-,22-,23+,24-,25+,26+,28-,29-/m0/s1. The highest BCUT2D eigenvalue weighted by Gasteiger charge is 2.59. The molecule has 0 aromatic heterocycles. The van der Waals surface area contributed by atoms with Crippen molar-refractivity contribution in [1.82, 2.24) is 0 Å². The summed E-state index contributed by atoms with van der Waals surface area (Å²) in [6.07, 6.45) is 20.1. The zero-order valence-corrected chi connectivity index (χ0v) is 23.3. The maximum atomic E-state index is 6.10. The Balaban J connectivity index is 1.45. The minimum Gasteiger partial charge on any atom is -0.475 e. The van der Waals surface area contributed by atoms with E-state index in [4.69, 9.17) is 17.0 Å². The van der Waals surface area contributed by atoms with Crippen LogP contribution in [0.25, 0.3) is 0 Å². The fourth-order valence-electron chi connectivity index (χ4n) is 8.94. The predicted molar refractivity (Wildman–Crippen MR) is 144 cm³/mol. The maximum Gasteiger partial charge on any atom is 0.219 e. The molecule has 0 amide bonds. The van der Waals surface area contributed by atoms with Crippen LogP contribution in [0.2, 0.25) is 0 Å². The van der Waals surface area contributed by atoms with Crippen molar-refractivity contribution in [2.75, 3.05) is 6.26 Å². The molecule has 0 bridgehead atoms. The molecule has 0 heterocycles. The summed E-state index contributed by atoms with van der Waals surface area (Å²) in [4.78, 5) is 0. The van der Waals surface area contributed by atoms with Crippen LogP contribution >= 0.6 is 24.0 Å². The van der Waals surface area contributed by atoms with Crippen molar-refractivity contribution in [1.29, 1.82) is 0 Å². The average molecular weight is 477 g/mol. The number of allylic oxidation sites excluding steroid dienone is 1.